The molecule has 1 aliphatic rings. The standard InChI is InChI=1S/C22H24N6O2/c1-30-19-5-3-2-4-17(19)16-22(29)28-14-12-27(13-15-28)21-7-6-20(25-26-21)24-18-8-10-23-11-9-18/h2-11H,12-16H2,1H3,(H,23,24,25). The molecule has 4 rings (SSSR count). The highest BCUT2D eigenvalue weighted by atomic mass is 16.5. The number of benzene rings is 1. The third-order valence-electron chi connectivity index (χ3n) is 5.09. The van der Waals surface area contributed by atoms with Crippen LogP contribution in [-0.4, -0.2) is 59.3 Å². The average molecular weight is 404 g/mol. The Morgan fingerprint density at radius 2 is 1.77 bits per heavy atom. The number of aromatic nitrogens is 3. The van der Waals surface area contributed by atoms with Crippen molar-refractivity contribution < 1.29 is 9.53 Å². The van der Waals surface area contributed by atoms with E-state index in [2.05, 4.69) is 25.4 Å². The second-order valence-electron chi connectivity index (χ2n) is 6.99. The van der Waals surface area contributed by atoms with Crippen LogP contribution < -0.4 is 15.0 Å². The molecule has 3 aromatic rings. The molecule has 8 nitrogen and oxygen atoms in total. The Hall–Kier alpha value is -3.68. The monoisotopic (exact) mass is 404 g/mol. The van der Waals surface area contributed by atoms with E-state index in [4.69, 9.17) is 4.74 Å². The highest BCUT2D eigenvalue weighted by molar-refractivity contribution is 5.79. The van der Waals surface area contributed by atoms with Crippen LogP contribution in [0.3, 0.4) is 0 Å². The fraction of sp³-hybridized carbons (Fsp3) is 0.273. The number of hydrogen-bond donors (Lipinski definition) is 1. The molecular weight excluding hydrogens is 380 g/mol. The van der Waals surface area contributed by atoms with Crippen LogP contribution in [0, 0.1) is 0 Å². The summed E-state index contributed by atoms with van der Waals surface area (Å²) < 4.78 is 5.35. The molecule has 1 aromatic carbocycles. The highest BCUT2D eigenvalue weighted by Gasteiger charge is 2.23. The van der Waals surface area contributed by atoms with Gasteiger partial charge in [0.25, 0.3) is 0 Å². The van der Waals surface area contributed by atoms with Crippen LogP contribution in [0.1, 0.15) is 5.56 Å². The molecule has 0 bridgehead atoms. The zero-order valence-electron chi connectivity index (χ0n) is 16.9. The second-order valence-corrected chi connectivity index (χ2v) is 6.99. The maximum atomic E-state index is 12.7. The summed E-state index contributed by atoms with van der Waals surface area (Å²) in [6, 6.07) is 15.2. The van der Waals surface area contributed by atoms with Gasteiger partial charge in [0.15, 0.2) is 11.6 Å². The summed E-state index contributed by atoms with van der Waals surface area (Å²) in [4.78, 5) is 20.8. The Morgan fingerprint density at radius 1 is 1.00 bits per heavy atom. The number of methoxy groups -OCH3 is 1. The molecule has 0 spiro atoms. The topological polar surface area (TPSA) is 83.5 Å². The first-order chi connectivity index (χ1) is 14.7. The summed E-state index contributed by atoms with van der Waals surface area (Å²) in [5, 5.41) is 11.8. The van der Waals surface area contributed by atoms with Gasteiger partial charge in [-0.1, -0.05) is 18.2 Å². The minimum absolute atomic E-state index is 0.113. The number of nitrogens with one attached hydrogen (secondary N) is 1. The first-order valence-electron chi connectivity index (χ1n) is 9.88. The first-order valence-corrected chi connectivity index (χ1v) is 9.88. The Kier molecular flexibility index (Phi) is 6.03. The lowest BCUT2D eigenvalue weighted by molar-refractivity contribution is -0.130. The molecule has 30 heavy (non-hydrogen) atoms. The number of nitrogens with zero attached hydrogens (tertiary/aromatic N) is 5. The van der Waals surface area contributed by atoms with Gasteiger partial charge in [-0.2, -0.15) is 0 Å². The number of pyridine rings is 1. The van der Waals surface area contributed by atoms with Gasteiger partial charge in [0.2, 0.25) is 5.91 Å². The number of ether oxygens (including phenoxy) is 1. The summed E-state index contributed by atoms with van der Waals surface area (Å²) in [5.41, 5.74) is 1.82. The largest absolute Gasteiger partial charge is 0.496 e. The molecule has 3 heterocycles. The van der Waals surface area contributed by atoms with Crippen LogP contribution in [0.2, 0.25) is 0 Å². The molecule has 0 saturated carbocycles. The lowest BCUT2D eigenvalue weighted by Crippen LogP contribution is -2.49. The number of carbonyl (C=O) groups excluding carboxylic acids is 1. The van der Waals surface area contributed by atoms with Crippen molar-refractivity contribution in [3.63, 3.8) is 0 Å². The Labute approximate surface area is 175 Å². The van der Waals surface area contributed by atoms with Crippen LogP contribution in [0.15, 0.2) is 60.9 Å². The fourth-order valence-electron chi connectivity index (χ4n) is 3.45. The van der Waals surface area contributed by atoms with Crippen molar-refractivity contribution in [2.45, 2.75) is 6.42 Å². The lowest BCUT2D eigenvalue weighted by Gasteiger charge is -2.35. The van der Waals surface area contributed by atoms with Crippen LogP contribution in [-0.2, 0) is 11.2 Å². The molecule has 8 heteroatoms. The first kappa shape index (κ1) is 19.6. The fourth-order valence-corrected chi connectivity index (χ4v) is 3.45. The van der Waals surface area contributed by atoms with Gasteiger partial charge in [0, 0.05) is 49.8 Å². The zero-order chi connectivity index (χ0) is 20.8. The summed E-state index contributed by atoms with van der Waals surface area (Å²) in [6.45, 7) is 2.77. The Balaban J connectivity index is 1.31. The third kappa shape index (κ3) is 4.65. The van der Waals surface area contributed by atoms with Gasteiger partial charge in [-0.15, -0.1) is 10.2 Å². The quantitative estimate of drug-likeness (QED) is 0.676. The highest BCUT2D eigenvalue weighted by Crippen LogP contribution is 2.20. The van der Waals surface area contributed by atoms with Gasteiger partial charge in [-0.05, 0) is 30.3 Å². The van der Waals surface area contributed by atoms with Crippen LogP contribution in [0.25, 0.3) is 0 Å². The van der Waals surface area contributed by atoms with Gasteiger partial charge in [0.05, 0.1) is 13.5 Å². The van der Waals surface area contributed by atoms with Crippen molar-refractivity contribution in [2.75, 3.05) is 43.5 Å². The number of piperazine rings is 1. The lowest BCUT2D eigenvalue weighted by atomic mass is 10.1. The number of hydrogen-bond acceptors (Lipinski definition) is 7. The van der Waals surface area contributed by atoms with Gasteiger partial charge >= 0.3 is 0 Å². The molecule has 0 radical (unpaired) electrons. The molecule has 154 valence electrons. The van der Waals surface area contributed by atoms with E-state index in [0.717, 1.165) is 35.9 Å². The molecule has 1 N–H and O–H groups in total. The summed E-state index contributed by atoms with van der Waals surface area (Å²) >= 11 is 0. The summed E-state index contributed by atoms with van der Waals surface area (Å²) in [5.74, 6) is 2.35. The van der Waals surface area contributed by atoms with Crippen LogP contribution in [0.4, 0.5) is 17.3 Å². The van der Waals surface area contributed by atoms with Crippen LogP contribution in [0.5, 0.6) is 5.75 Å². The molecule has 0 aliphatic carbocycles. The van der Waals surface area contributed by atoms with Gasteiger partial charge in [-0.3, -0.25) is 9.78 Å². The van der Waals surface area contributed by atoms with Crippen molar-refractivity contribution in [2.24, 2.45) is 0 Å². The maximum Gasteiger partial charge on any atom is 0.227 e. The Morgan fingerprint density at radius 3 is 2.47 bits per heavy atom. The van der Waals surface area contributed by atoms with Crippen LogP contribution >= 0.6 is 0 Å². The van der Waals surface area contributed by atoms with E-state index in [1.54, 1.807) is 19.5 Å². The SMILES string of the molecule is COc1ccccc1CC(=O)N1CCN(c2ccc(Nc3ccncc3)nn2)CC1. The van der Waals surface area contributed by atoms with E-state index >= 15 is 0 Å². The van der Waals surface area contributed by atoms with Crippen molar-refractivity contribution >= 4 is 23.2 Å². The summed E-state index contributed by atoms with van der Waals surface area (Å²) in [7, 11) is 1.63. The van der Waals surface area contributed by atoms with Crippen molar-refractivity contribution in [3.8, 4) is 5.75 Å². The minimum atomic E-state index is 0.113. The number of amides is 1. The zero-order valence-corrected chi connectivity index (χ0v) is 16.9. The normalized spacial score (nSPS) is 13.8. The summed E-state index contributed by atoms with van der Waals surface area (Å²) in [6.07, 6.45) is 3.79. The molecular formula is C22H24N6O2. The average Bonchev–Trinajstić information content (AvgIpc) is 2.81. The van der Waals surface area contributed by atoms with Crippen molar-refractivity contribution in [3.05, 3.63) is 66.5 Å². The number of rotatable bonds is 6. The van der Waals surface area contributed by atoms with E-state index in [-0.39, 0.29) is 5.91 Å². The van der Waals surface area contributed by atoms with Crippen molar-refractivity contribution in [1.82, 2.24) is 20.1 Å². The predicted octanol–water partition coefficient (Wildman–Crippen LogP) is 2.52. The molecule has 2 aromatic heterocycles. The second kappa shape index (κ2) is 9.21. The van der Waals surface area contributed by atoms with E-state index in [1.165, 1.54) is 0 Å². The van der Waals surface area contributed by atoms with E-state index < -0.39 is 0 Å². The number of anilines is 3. The van der Waals surface area contributed by atoms with E-state index in [0.29, 0.717) is 25.3 Å². The molecule has 0 atom stereocenters. The minimum Gasteiger partial charge on any atom is -0.496 e. The molecule has 1 amide bonds. The van der Waals surface area contributed by atoms with Gasteiger partial charge < -0.3 is 19.9 Å². The molecule has 1 saturated heterocycles. The number of carbonyl (C=O) groups is 1. The maximum absolute atomic E-state index is 12.7. The molecule has 1 fully saturated rings. The Bertz CT molecular complexity index is 972. The predicted molar refractivity (Wildman–Crippen MR) is 115 cm³/mol. The molecule has 0 unspecified atom stereocenters. The third-order valence-corrected chi connectivity index (χ3v) is 5.09. The van der Waals surface area contributed by atoms with Crippen molar-refractivity contribution in [1.29, 1.82) is 0 Å². The molecule has 1 aliphatic heterocycles. The smallest absolute Gasteiger partial charge is 0.227 e. The number of para-hydroxylation sites is 1. The van der Waals surface area contributed by atoms with E-state index in [1.807, 2.05) is 53.4 Å². The van der Waals surface area contributed by atoms with E-state index in [9.17, 15) is 4.79 Å². The van der Waals surface area contributed by atoms with Gasteiger partial charge in [-0.25, -0.2) is 0 Å². The van der Waals surface area contributed by atoms with Gasteiger partial charge in [0.1, 0.15) is 5.75 Å².